The van der Waals surface area contributed by atoms with Crippen molar-refractivity contribution in [3.8, 4) is 0 Å². The molecule has 7 heteroatoms. The minimum atomic E-state index is -1.22. The highest BCUT2D eigenvalue weighted by Gasteiger charge is 2.22. The van der Waals surface area contributed by atoms with Crippen LogP contribution < -0.4 is 5.32 Å². The van der Waals surface area contributed by atoms with E-state index >= 15 is 0 Å². The monoisotopic (exact) mass is 333 g/mol. The van der Waals surface area contributed by atoms with Gasteiger partial charge < -0.3 is 5.11 Å². The highest BCUT2D eigenvalue weighted by Crippen LogP contribution is 2.14. The molecule has 118 valence electrons. The number of rotatable bonds is 9. The molecule has 0 spiro atoms. The molecule has 1 aromatic carbocycles. The molecule has 2 N–H and O–H groups in total. The summed E-state index contributed by atoms with van der Waals surface area (Å²) in [5.74, 6) is -0.461. The number of halogens is 1. The topological polar surface area (TPSA) is 66.4 Å². The van der Waals surface area contributed by atoms with Gasteiger partial charge in [-0.15, -0.1) is 11.8 Å². The van der Waals surface area contributed by atoms with Crippen LogP contribution in [0.5, 0.6) is 0 Å². The summed E-state index contributed by atoms with van der Waals surface area (Å²) < 4.78 is 24.7. The summed E-state index contributed by atoms with van der Waals surface area (Å²) in [6.45, 7) is 4.10. The molecule has 4 nitrogen and oxygen atoms in total. The molecule has 0 fully saturated rings. The van der Waals surface area contributed by atoms with E-state index in [0.717, 1.165) is 11.3 Å². The van der Waals surface area contributed by atoms with Crippen molar-refractivity contribution < 1.29 is 18.5 Å². The molecule has 1 aromatic rings. The molecule has 0 heterocycles. The lowest BCUT2D eigenvalue weighted by atomic mass is 10.2. The third-order valence-electron chi connectivity index (χ3n) is 2.87. The number of carbonyl (C=O) groups is 1. The Kier molecular flexibility index (Phi) is 7.92. The van der Waals surface area contributed by atoms with E-state index in [1.807, 2.05) is 13.8 Å². The first-order valence-electron chi connectivity index (χ1n) is 6.63. The average Bonchev–Trinajstić information content (AvgIpc) is 2.44. The van der Waals surface area contributed by atoms with Crippen molar-refractivity contribution in [2.45, 2.75) is 31.0 Å². The van der Waals surface area contributed by atoms with E-state index in [-0.39, 0.29) is 16.2 Å². The summed E-state index contributed by atoms with van der Waals surface area (Å²) in [6.07, 6.45) is 0. The smallest absolute Gasteiger partial charge is 0.321 e. The summed E-state index contributed by atoms with van der Waals surface area (Å²) in [4.78, 5) is 11.2. The van der Waals surface area contributed by atoms with Crippen LogP contribution in [0.4, 0.5) is 4.39 Å². The molecule has 21 heavy (non-hydrogen) atoms. The van der Waals surface area contributed by atoms with Gasteiger partial charge in [0.15, 0.2) is 0 Å². The molecule has 3 atom stereocenters. The van der Waals surface area contributed by atoms with Gasteiger partial charge in [0.05, 0.1) is 10.3 Å². The van der Waals surface area contributed by atoms with Gasteiger partial charge in [-0.3, -0.25) is 14.3 Å². The molecule has 0 saturated carbocycles. The highest BCUT2D eigenvalue weighted by molar-refractivity contribution is 8.11. The molecule has 0 radical (unpaired) electrons. The Hall–Kier alpha value is -0.920. The van der Waals surface area contributed by atoms with Gasteiger partial charge in [0.25, 0.3) is 0 Å². The average molecular weight is 333 g/mol. The fourth-order valence-electron chi connectivity index (χ4n) is 1.67. The molecule has 0 amide bonds. The van der Waals surface area contributed by atoms with Crippen LogP contribution in [0.1, 0.15) is 19.4 Å². The minimum absolute atomic E-state index is 0.0602. The second kappa shape index (κ2) is 9.17. The Morgan fingerprint density at radius 3 is 2.57 bits per heavy atom. The van der Waals surface area contributed by atoms with E-state index < -0.39 is 22.8 Å². The van der Waals surface area contributed by atoms with Gasteiger partial charge in [0.1, 0.15) is 11.9 Å². The molecule has 0 saturated heterocycles. The first kappa shape index (κ1) is 18.1. The quantitative estimate of drug-likeness (QED) is 0.725. The summed E-state index contributed by atoms with van der Waals surface area (Å²) in [5, 5.41) is 12.1. The van der Waals surface area contributed by atoms with Crippen molar-refractivity contribution in [1.29, 1.82) is 0 Å². The van der Waals surface area contributed by atoms with Crippen LogP contribution in [-0.4, -0.2) is 37.4 Å². The van der Waals surface area contributed by atoms with E-state index in [2.05, 4.69) is 5.32 Å². The number of carboxylic acid groups (broad SMARTS) is 1. The van der Waals surface area contributed by atoms with Crippen LogP contribution in [0.2, 0.25) is 0 Å². The molecule has 0 bridgehead atoms. The third kappa shape index (κ3) is 6.58. The van der Waals surface area contributed by atoms with Crippen molar-refractivity contribution >= 4 is 28.5 Å². The van der Waals surface area contributed by atoms with E-state index in [1.54, 1.807) is 23.9 Å². The predicted molar refractivity (Wildman–Crippen MR) is 85.3 cm³/mol. The standard InChI is InChI=1S/C14H20FNO3S2/c1-3-20-10(2)21(19)9-13(14(17)18)16-8-11-4-6-12(15)7-5-11/h4-7,10,13,16H,3,8-9H2,1-2H3,(H,17,18)/t10?,13-,21?/m0/s1. The number of hydrogen-bond donors (Lipinski definition) is 2. The maximum Gasteiger partial charge on any atom is 0.321 e. The first-order valence-corrected chi connectivity index (χ1v) is 9.06. The Morgan fingerprint density at radius 1 is 1.43 bits per heavy atom. The second-order valence-electron chi connectivity index (χ2n) is 4.47. The van der Waals surface area contributed by atoms with Crippen molar-refractivity contribution in [3.05, 3.63) is 35.6 Å². The van der Waals surface area contributed by atoms with Gasteiger partial charge in [-0.2, -0.15) is 0 Å². The van der Waals surface area contributed by atoms with Gasteiger partial charge in [-0.1, -0.05) is 19.1 Å². The highest BCUT2D eigenvalue weighted by atomic mass is 32.2. The number of thioether (sulfide) groups is 1. The first-order chi connectivity index (χ1) is 9.93. The maximum atomic E-state index is 12.8. The summed E-state index contributed by atoms with van der Waals surface area (Å²) >= 11 is 1.55. The zero-order valence-electron chi connectivity index (χ0n) is 12.0. The van der Waals surface area contributed by atoms with Crippen LogP contribution >= 0.6 is 11.8 Å². The van der Waals surface area contributed by atoms with E-state index in [0.29, 0.717) is 6.54 Å². The van der Waals surface area contributed by atoms with Crippen LogP contribution in [-0.2, 0) is 22.1 Å². The van der Waals surface area contributed by atoms with Crippen LogP contribution in [0.25, 0.3) is 0 Å². The summed E-state index contributed by atoms with van der Waals surface area (Å²) in [7, 11) is -1.22. The van der Waals surface area contributed by atoms with Crippen molar-refractivity contribution in [1.82, 2.24) is 5.32 Å². The number of benzene rings is 1. The number of aliphatic carboxylic acids is 1. The maximum absolute atomic E-state index is 12.8. The van der Waals surface area contributed by atoms with Gasteiger partial charge in [-0.05, 0) is 30.4 Å². The lowest BCUT2D eigenvalue weighted by Gasteiger charge is -2.17. The van der Waals surface area contributed by atoms with Gasteiger partial charge >= 0.3 is 5.97 Å². The number of carboxylic acids is 1. The van der Waals surface area contributed by atoms with E-state index in [1.165, 1.54) is 12.1 Å². The molecule has 0 aliphatic carbocycles. The summed E-state index contributed by atoms with van der Waals surface area (Å²) in [6, 6.07) is 4.95. The van der Waals surface area contributed by atoms with Gasteiger partial charge in [-0.25, -0.2) is 4.39 Å². The SMILES string of the molecule is CCSC(C)S(=O)C[C@H](NCc1ccc(F)cc1)C(=O)O. The molecule has 2 unspecified atom stereocenters. The molecule has 0 aromatic heterocycles. The van der Waals surface area contributed by atoms with Crippen LogP contribution in [0.3, 0.4) is 0 Å². The molecular weight excluding hydrogens is 313 g/mol. The van der Waals surface area contributed by atoms with E-state index in [9.17, 15) is 18.5 Å². The largest absolute Gasteiger partial charge is 0.480 e. The second-order valence-corrected chi connectivity index (χ2v) is 8.19. The molecule has 0 aliphatic rings. The Bertz CT molecular complexity index is 482. The fraction of sp³-hybridized carbons (Fsp3) is 0.500. The lowest BCUT2D eigenvalue weighted by Crippen LogP contribution is -2.41. The lowest BCUT2D eigenvalue weighted by molar-refractivity contribution is -0.138. The zero-order chi connectivity index (χ0) is 15.8. The molecule has 0 aliphatic heterocycles. The minimum Gasteiger partial charge on any atom is -0.480 e. The van der Waals surface area contributed by atoms with Crippen LogP contribution in [0.15, 0.2) is 24.3 Å². The Labute approximate surface area is 131 Å². The Balaban J connectivity index is 2.55. The Morgan fingerprint density at radius 2 is 2.05 bits per heavy atom. The number of hydrogen-bond acceptors (Lipinski definition) is 4. The van der Waals surface area contributed by atoms with Gasteiger partial charge in [0, 0.05) is 17.3 Å². The molecular formula is C14H20FNO3S2. The molecule has 1 rings (SSSR count). The zero-order valence-corrected chi connectivity index (χ0v) is 13.7. The van der Waals surface area contributed by atoms with Crippen LogP contribution in [0, 0.1) is 5.82 Å². The predicted octanol–water partition coefficient (Wildman–Crippen LogP) is 2.22. The fourth-order valence-corrected chi connectivity index (χ4v) is 4.25. The van der Waals surface area contributed by atoms with Crippen molar-refractivity contribution in [2.75, 3.05) is 11.5 Å². The normalized spacial score (nSPS) is 15.4. The summed E-state index contributed by atoms with van der Waals surface area (Å²) in [5.41, 5.74) is 0.782. The van der Waals surface area contributed by atoms with Gasteiger partial charge in [0.2, 0.25) is 0 Å². The van der Waals surface area contributed by atoms with Crippen molar-refractivity contribution in [2.24, 2.45) is 0 Å². The van der Waals surface area contributed by atoms with Crippen molar-refractivity contribution in [3.63, 3.8) is 0 Å². The third-order valence-corrected chi connectivity index (χ3v) is 6.12. The number of nitrogens with one attached hydrogen (secondary N) is 1. The van der Waals surface area contributed by atoms with E-state index in [4.69, 9.17) is 0 Å².